The van der Waals surface area contributed by atoms with Crippen LogP contribution in [-0.4, -0.2) is 11.6 Å². The summed E-state index contributed by atoms with van der Waals surface area (Å²) in [5.74, 6) is 0.300. The number of hydrogen-bond donors (Lipinski definition) is 1. The summed E-state index contributed by atoms with van der Waals surface area (Å²) in [6.45, 7) is 1.94. The molecule has 112 valence electrons. The Kier molecular flexibility index (Phi) is 3.03. The van der Waals surface area contributed by atoms with Crippen molar-refractivity contribution in [2.24, 2.45) is 16.4 Å². The molecule has 1 unspecified atom stereocenters. The second-order valence-electron chi connectivity index (χ2n) is 6.71. The molecule has 3 nitrogen and oxygen atoms in total. The van der Waals surface area contributed by atoms with Crippen molar-refractivity contribution in [3.8, 4) is 0 Å². The van der Waals surface area contributed by atoms with E-state index in [1.54, 1.807) is 0 Å². The standard InChI is InChI=1S/C19H20N2O/c1-13(15-8-7-14-5-2-3-6-16(14)11-15)20-21-18(22)17-12-19(17)9-4-10-19/h2-3,5-8,11,17H,4,9-10,12H2,1H3,(H,21,22). The maximum atomic E-state index is 12.1. The smallest absolute Gasteiger partial charge is 0.243 e. The molecular formula is C19H20N2O. The van der Waals surface area contributed by atoms with Gasteiger partial charge in [-0.15, -0.1) is 0 Å². The van der Waals surface area contributed by atoms with Crippen molar-refractivity contribution in [2.75, 3.05) is 0 Å². The summed E-state index contributed by atoms with van der Waals surface area (Å²) >= 11 is 0. The normalized spacial score (nSPS) is 22.4. The van der Waals surface area contributed by atoms with Crippen LogP contribution in [-0.2, 0) is 4.79 Å². The monoisotopic (exact) mass is 292 g/mol. The molecule has 2 aliphatic rings. The van der Waals surface area contributed by atoms with Crippen LogP contribution in [0.4, 0.5) is 0 Å². The lowest BCUT2D eigenvalue weighted by atomic mass is 9.80. The summed E-state index contributed by atoms with van der Waals surface area (Å²) < 4.78 is 0. The fourth-order valence-electron chi connectivity index (χ4n) is 3.60. The van der Waals surface area contributed by atoms with Crippen molar-refractivity contribution in [2.45, 2.75) is 32.6 Å². The molecule has 0 aliphatic heterocycles. The number of rotatable bonds is 3. The van der Waals surface area contributed by atoms with Gasteiger partial charge in [-0.25, -0.2) is 5.43 Å². The fraction of sp³-hybridized carbons (Fsp3) is 0.368. The second kappa shape index (κ2) is 4.94. The number of hydrogen-bond acceptors (Lipinski definition) is 2. The Hall–Kier alpha value is -2.16. The van der Waals surface area contributed by atoms with Gasteiger partial charge in [0.25, 0.3) is 0 Å². The van der Waals surface area contributed by atoms with Gasteiger partial charge in [0.05, 0.1) is 5.71 Å². The van der Waals surface area contributed by atoms with Gasteiger partial charge in [-0.2, -0.15) is 5.10 Å². The van der Waals surface area contributed by atoms with E-state index in [0.717, 1.165) is 17.7 Å². The maximum Gasteiger partial charge on any atom is 0.243 e. The summed E-state index contributed by atoms with van der Waals surface area (Å²) in [4.78, 5) is 12.1. The number of benzene rings is 2. The molecule has 1 atom stereocenters. The van der Waals surface area contributed by atoms with Gasteiger partial charge in [0, 0.05) is 5.92 Å². The van der Waals surface area contributed by atoms with Crippen LogP contribution in [0.1, 0.15) is 38.2 Å². The lowest BCUT2D eigenvalue weighted by Crippen LogP contribution is -2.26. The average Bonchev–Trinajstić information content (AvgIpc) is 3.28. The quantitative estimate of drug-likeness (QED) is 0.677. The first-order valence-electron chi connectivity index (χ1n) is 8.01. The van der Waals surface area contributed by atoms with Crippen molar-refractivity contribution in [3.05, 3.63) is 48.0 Å². The topological polar surface area (TPSA) is 41.5 Å². The average molecular weight is 292 g/mol. The highest BCUT2D eigenvalue weighted by molar-refractivity contribution is 6.02. The minimum absolute atomic E-state index is 0.0971. The minimum Gasteiger partial charge on any atom is -0.273 e. The van der Waals surface area contributed by atoms with E-state index in [0.29, 0.717) is 5.41 Å². The molecule has 2 saturated carbocycles. The van der Waals surface area contributed by atoms with Gasteiger partial charge in [-0.1, -0.05) is 42.8 Å². The SMILES string of the molecule is CC(=NNC(=O)C1CC12CCC2)c1ccc2ccccc2c1. The van der Waals surface area contributed by atoms with Crippen LogP contribution in [0.2, 0.25) is 0 Å². The fourth-order valence-corrected chi connectivity index (χ4v) is 3.60. The third-order valence-electron chi connectivity index (χ3n) is 5.36. The Balaban J connectivity index is 1.47. The summed E-state index contributed by atoms with van der Waals surface area (Å²) in [7, 11) is 0. The number of nitrogens with zero attached hydrogens (tertiary/aromatic N) is 1. The zero-order valence-corrected chi connectivity index (χ0v) is 12.8. The Morgan fingerprint density at radius 1 is 1.18 bits per heavy atom. The van der Waals surface area contributed by atoms with Crippen LogP contribution in [0.5, 0.6) is 0 Å². The highest BCUT2D eigenvalue weighted by Gasteiger charge is 2.60. The Labute approximate surface area is 130 Å². The van der Waals surface area contributed by atoms with Crippen molar-refractivity contribution in [3.63, 3.8) is 0 Å². The number of carbonyl (C=O) groups excluding carboxylic acids is 1. The molecule has 4 rings (SSSR count). The van der Waals surface area contributed by atoms with Gasteiger partial charge in [0.2, 0.25) is 5.91 Å². The van der Waals surface area contributed by atoms with Crippen LogP contribution in [0.3, 0.4) is 0 Å². The summed E-state index contributed by atoms with van der Waals surface area (Å²) in [6, 6.07) is 14.5. The number of fused-ring (bicyclic) bond motifs is 1. The number of nitrogens with one attached hydrogen (secondary N) is 1. The van der Waals surface area contributed by atoms with E-state index in [9.17, 15) is 4.79 Å². The molecule has 0 bridgehead atoms. The van der Waals surface area contributed by atoms with E-state index in [-0.39, 0.29) is 11.8 Å². The third kappa shape index (κ3) is 2.21. The van der Waals surface area contributed by atoms with Crippen LogP contribution < -0.4 is 5.43 Å². The Bertz CT molecular complexity index is 774. The molecule has 0 saturated heterocycles. The Morgan fingerprint density at radius 3 is 2.64 bits per heavy atom. The van der Waals surface area contributed by atoms with Gasteiger partial charge in [0.1, 0.15) is 0 Å². The van der Waals surface area contributed by atoms with E-state index in [1.807, 2.05) is 19.1 Å². The molecule has 2 aromatic carbocycles. The third-order valence-corrected chi connectivity index (χ3v) is 5.36. The summed E-state index contributed by atoms with van der Waals surface area (Å²) in [5, 5.41) is 6.71. The predicted octanol–water partition coefficient (Wildman–Crippen LogP) is 3.87. The molecular weight excluding hydrogens is 272 g/mol. The zero-order valence-electron chi connectivity index (χ0n) is 12.8. The minimum atomic E-state index is 0.0971. The zero-order chi connectivity index (χ0) is 15.2. The molecule has 0 heterocycles. The molecule has 22 heavy (non-hydrogen) atoms. The number of carbonyl (C=O) groups is 1. The number of amides is 1. The molecule has 1 amide bonds. The van der Waals surface area contributed by atoms with Crippen molar-refractivity contribution >= 4 is 22.4 Å². The first kappa shape index (κ1) is 13.5. The van der Waals surface area contributed by atoms with E-state index in [1.165, 1.54) is 30.0 Å². The highest BCUT2D eigenvalue weighted by Crippen LogP contribution is 2.65. The predicted molar refractivity (Wildman–Crippen MR) is 88.7 cm³/mol. The molecule has 0 radical (unpaired) electrons. The van der Waals surface area contributed by atoms with Gasteiger partial charge in [0.15, 0.2) is 0 Å². The first-order chi connectivity index (χ1) is 10.7. The van der Waals surface area contributed by atoms with E-state index < -0.39 is 0 Å². The van der Waals surface area contributed by atoms with Crippen LogP contribution in [0.15, 0.2) is 47.6 Å². The molecule has 1 N–H and O–H groups in total. The van der Waals surface area contributed by atoms with Crippen LogP contribution in [0, 0.1) is 11.3 Å². The van der Waals surface area contributed by atoms with Crippen molar-refractivity contribution < 1.29 is 4.79 Å². The van der Waals surface area contributed by atoms with E-state index >= 15 is 0 Å². The number of hydrazone groups is 1. The van der Waals surface area contributed by atoms with Crippen molar-refractivity contribution in [1.82, 2.24) is 5.43 Å². The van der Waals surface area contributed by atoms with Gasteiger partial charge >= 0.3 is 0 Å². The molecule has 2 aliphatic carbocycles. The molecule has 3 heteroatoms. The van der Waals surface area contributed by atoms with Gasteiger partial charge in [-0.3, -0.25) is 4.79 Å². The summed E-state index contributed by atoms with van der Waals surface area (Å²) in [6.07, 6.45) is 4.78. The maximum absolute atomic E-state index is 12.1. The van der Waals surface area contributed by atoms with E-state index in [4.69, 9.17) is 0 Å². The highest BCUT2D eigenvalue weighted by atomic mass is 16.2. The van der Waals surface area contributed by atoms with Gasteiger partial charge < -0.3 is 0 Å². The van der Waals surface area contributed by atoms with Crippen LogP contribution in [0.25, 0.3) is 10.8 Å². The molecule has 1 spiro atoms. The lowest BCUT2D eigenvalue weighted by Gasteiger charge is -2.25. The van der Waals surface area contributed by atoms with E-state index in [2.05, 4.69) is 40.9 Å². The molecule has 2 fully saturated rings. The lowest BCUT2D eigenvalue weighted by molar-refractivity contribution is -0.123. The van der Waals surface area contributed by atoms with Crippen molar-refractivity contribution in [1.29, 1.82) is 0 Å². The molecule has 2 aromatic rings. The molecule has 0 aromatic heterocycles. The first-order valence-corrected chi connectivity index (χ1v) is 8.01. The second-order valence-corrected chi connectivity index (χ2v) is 6.71. The summed E-state index contributed by atoms with van der Waals surface area (Å²) in [5.41, 5.74) is 5.02. The van der Waals surface area contributed by atoms with Crippen LogP contribution >= 0.6 is 0 Å². The Morgan fingerprint density at radius 2 is 1.95 bits per heavy atom. The largest absolute Gasteiger partial charge is 0.273 e. The van der Waals surface area contributed by atoms with Gasteiger partial charge in [-0.05, 0) is 54.0 Å².